The van der Waals surface area contributed by atoms with Crippen molar-refractivity contribution in [3.63, 3.8) is 0 Å². The predicted octanol–water partition coefficient (Wildman–Crippen LogP) is 1.82. The fourth-order valence-corrected chi connectivity index (χ4v) is 3.09. The summed E-state index contributed by atoms with van der Waals surface area (Å²) in [7, 11) is -1.04. The van der Waals surface area contributed by atoms with E-state index in [0.717, 1.165) is 6.54 Å². The van der Waals surface area contributed by atoms with Crippen molar-refractivity contribution in [2.24, 2.45) is 0 Å². The average Bonchev–Trinajstić information content (AvgIpc) is 2.40. The molecule has 1 N–H and O–H groups in total. The summed E-state index contributed by atoms with van der Waals surface area (Å²) < 4.78 is 16.3. The van der Waals surface area contributed by atoms with Gasteiger partial charge in [0.15, 0.2) is 0 Å². The summed E-state index contributed by atoms with van der Waals surface area (Å²) in [6, 6.07) is 10.3. The van der Waals surface area contributed by atoms with E-state index in [1.165, 1.54) is 5.56 Å². The van der Waals surface area contributed by atoms with Crippen molar-refractivity contribution >= 4 is 8.60 Å². The zero-order chi connectivity index (χ0) is 10.8. The monoisotopic (exact) mass is 239 g/mol. The molecule has 1 aromatic carbocycles. The lowest BCUT2D eigenvalue weighted by atomic mass is 10.0. The molecular weight excluding hydrogens is 225 g/mol. The minimum Gasteiger partial charge on any atom is -0.310 e. The van der Waals surface area contributed by atoms with Crippen LogP contribution >= 0.6 is 8.60 Å². The first kappa shape index (κ1) is 10.6. The summed E-state index contributed by atoms with van der Waals surface area (Å²) >= 11 is 0. The van der Waals surface area contributed by atoms with E-state index in [4.69, 9.17) is 13.6 Å². The highest BCUT2D eigenvalue weighted by atomic mass is 31.2. The van der Waals surface area contributed by atoms with Gasteiger partial charge in [-0.05, 0) is 5.56 Å². The molecule has 0 aromatic heterocycles. The highest BCUT2D eigenvalue weighted by molar-refractivity contribution is 7.41. The van der Waals surface area contributed by atoms with Crippen molar-refractivity contribution in [2.45, 2.75) is 12.1 Å². The number of benzene rings is 1. The minimum absolute atomic E-state index is 0.160. The Kier molecular flexibility index (Phi) is 2.92. The van der Waals surface area contributed by atoms with Gasteiger partial charge in [0.2, 0.25) is 0 Å². The van der Waals surface area contributed by atoms with Crippen LogP contribution in [-0.2, 0) is 20.1 Å². The van der Waals surface area contributed by atoms with E-state index in [1.807, 2.05) is 18.2 Å². The summed E-state index contributed by atoms with van der Waals surface area (Å²) in [5, 5.41) is 3.47. The number of hydrogen-bond donors (Lipinski definition) is 1. The molecule has 86 valence electrons. The van der Waals surface area contributed by atoms with Crippen LogP contribution in [-0.4, -0.2) is 25.4 Å². The van der Waals surface area contributed by atoms with Gasteiger partial charge in [0.05, 0.1) is 25.4 Å². The number of fused-ring (bicyclic) bond motifs is 3. The Morgan fingerprint density at radius 2 is 1.69 bits per heavy atom. The second-order valence-corrected chi connectivity index (χ2v) is 5.39. The molecule has 1 aromatic rings. The molecule has 0 atom stereocenters. The van der Waals surface area contributed by atoms with Crippen LogP contribution in [0.1, 0.15) is 5.56 Å². The van der Waals surface area contributed by atoms with Crippen LogP contribution in [0.3, 0.4) is 0 Å². The molecule has 5 heteroatoms. The molecule has 0 saturated carbocycles. The van der Waals surface area contributed by atoms with E-state index in [9.17, 15) is 0 Å². The van der Waals surface area contributed by atoms with Crippen LogP contribution in [0.25, 0.3) is 0 Å². The lowest BCUT2D eigenvalue weighted by molar-refractivity contribution is -0.0412. The van der Waals surface area contributed by atoms with Gasteiger partial charge in [-0.3, -0.25) is 0 Å². The quantitative estimate of drug-likeness (QED) is 0.817. The number of rotatable bonds is 3. The molecule has 4 rings (SSSR count). The Labute approximate surface area is 95.9 Å². The van der Waals surface area contributed by atoms with E-state index < -0.39 is 8.60 Å². The lowest BCUT2D eigenvalue weighted by Crippen LogP contribution is -2.59. The van der Waals surface area contributed by atoms with Crippen molar-refractivity contribution in [2.75, 3.05) is 19.8 Å². The Morgan fingerprint density at radius 3 is 2.31 bits per heavy atom. The van der Waals surface area contributed by atoms with Gasteiger partial charge in [-0.15, -0.1) is 0 Å². The van der Waals surface area contributed by atoms with Crippen LogP contribution in [0.2, 0.25) is 0 Å². The molecule has 3 aliphatic heterocycles. The molecule has 3 aliphatic rings. The molecule has 16 heavy (non-hydrogen) atoms. The first-order valence-electron chi connectivity index (χ1n) is 5.34. The summed E-state index contributed by atoms with van der Waals surface area (Å²) in [5.41, 5.74) is 1.10. The fourth-order valence-electron chi connectivity index (χ4n) is 1.80. The van der Waals surface area contributed by atoms with E-state index in [1.54, 1.807) is 0 Å². The van der Waals surface area contributed by atoms with Gasteiger partial charge in [0.1, 0.15) is 0 Å². The molecule has 3 saturated heterocycles. The van der Waals surface area contributed by atoms with Crippen molar-refractivity contribution in [3.8, 4) is 0 Å². The second-order valence-electron chi connectivity index (χ2n) is 4.16. The van der Waals surface area contributed by atoms with Gasteiger partial charge in [0.25, 0.3) is 0 Å². The zero-order valence-corrected chi connectivity index (χ0v) is 9.78. The second kappa shape index (κ2) is 4.40. The standard InChI is InChI=1S/C11H14NO3P/c1-2-4-10(5-3-1)6-12-11-7-13-16(14-8-11)15-9-11/h1-5,12H,6-9H2. The summed E-state index contributed by atoms with van der Waals surface area (Å²) in [5.74, 6) is 0. The summed E-state index contributed by atoms with van der Waals surface area (Å²) in [6.07, 6.45) is 0. The molecule has 0 radical (unpaired) electrons. The van der Waals surface area contributed by atoms with Crippen LogP contribution < -0.4 is 5.32 Å². The third kappa shape index (κ3) is 2.12. The maximum absolute atomic E-state index is 5.43. The van der Waals surface area contributed by atoms with Crippen molar-refractivity contribution in [1.82, 2.24) is 5.32 Å². The predicted molar refractivity (Wildman–Crippen MR) is 60.8 cm³/mol. The Bertz CT molecular complexity index is 338. The van der Waals surface area contributed by atoms with Crippen molar-refractivity contribution in [1.29, 1.82) is 0 Å². The first-order chi connectivity index (χ1) is 7.86. The zero-order valence-electron chi connectivity index (χ0n) is 8.89. The molecule has 3 fully saturated rings. The Balaban J connectivity index is 1.62. The SMILES string of the molecule is c1ccc(CNC23COP(OC2)OC3)cc1. The lowest BCUT2D eigenvalue weighted by Gasteiger charge is -2.44. The Morgan fingerprint density at radius 1 is 1.06 bits per heavy atom. The topological polar surface area (TPSA) is 39.7 Å². The van der Waals surface area contributed by atoms with Crippen LogP contribution in [0.15, 0.2) is 30.3 Å². The maximum Gasteiger partial charge on any atom is 0.332 e. The van der Waals surface area contributed by atoms with E-state index in [0.29, 0.717) is 19.8 Å². The molecule has 0 spiro atoms. The van der Waals surface area contributed by atoms with E-state index >= 15 is 0 Å². The van der Waals surface area contributed by atoms with E-state index in [2.05, 4.69) is 17.4 Å². The maximum atomic E-state index is 5.43. The van der Waals surface area contributed by atoms with Crippen molar-refractivity contribution < 1.29 is 13.6 Å². The summed E-state index contributed by atoms with van der Waals surface area (Å²) in [6.45, 7) is 2.87. The normalized spacial score (nSPS) is 32.9. The Hall–Kier alpha value is -0.510. The highest BCUT2D eigenvalue weighted by Gasteiger charge is 2.44. The van der Waals surface area contributed by atoms with Crippen LogP contribution in [0.4, 0.5) is 0 Å². The first-order valence-corrected chi connectivity index (χ1v) is 6.44. The fraction of sp³-hybridized carbons (Fsp3) is 0.455. The van der Waals surface area contributed by atoms with Gasteiger partial charge in [-0.25, -0.2) is 0 Å². The van der Waals surface area contributed by atoms with Gasteiger partial charge in [-0.2, -0.15) is 0 Å². The molecule has 0 aliphatic carbocycles. The van der Waals surface area contributed by atoms with Gasteiger partial charge in [0, 0.05) is 6.54 Å². The van der Waals surface area contributed by atoms with Gasteiger partial charge in [-0.1, -0.05) is 30.3 Å². The summed E-state index contributed by atoms with van der Waals surface area (Å²) in [4.78, 5) is 0. The molecule has 2 bridgehead atoms. The smallest absolute Gasteiger partial charge is 0.310 e. The average molecular weight is 239 g/mol. The third-order valence-electron chi connectivity index (χ3n) is 2.85. The molecule has 0 unspecified atom stereocenters. The third-order valence-corrected chi connectivity index (χ3v) is 3.87. The molecule has 3 heterocycles. The largest absolute Gasteiger partial charge is 0.332 e. The molecular formula is C11H14NO3P. The molecule has 0 amide bonds. The highest BCUT2D eigenvalue weighted by Crippen LogP contribution is 2.49. The van der Waals surface area contributed by atoms with Crippen molar-refractivity contribution in [3.05, 3.63) is 35.9 Å². The van der Waals surface area contributed by atoms with Gasteiger partial charge < -0.3 is 18.9 Å². The van der Waals surface area contributed by atoms with Crippen LogP contribution in [0, 0.1) is 0 Å². The number of hydrogen-bond acceptors (Lipinski definition) is 4. The minimum atomic E-state index is -1.04. The molecule has 4 nitrogen and oxygen atoms in total. The van der Waals surface area contributed by atoms with E-state index in [-0.39, 0.29) is 5.54 Å². The van der Waals surface area contributed by atoms with Gasteiger partial charge >= 0.3 is 8.60 Å². The van der Waals surface area contributed by atoms with Crippen LogP contribution in [0.5, 0.6) is 0 Å². The number of nitrogens with one attached hydrogen (secondary N) is 1.